The van der Waals surface area contributed by atoms with Gasteiger partial charge in [-0.05, 0) is 43.5 Å². The van der Waals surface area contributed by atoms with Crippen molar-refractivity contribution in [3.8, 4) is 11.3 Å². The first kappa shape index (κ1) is 19.5. The normalized spacial score (nSPS) is 18.2. The van der Waals surface area contributed by atoms with Gasteiger partial charge in [0.05, 0.1) is 11.4 Å². The number of nitrogens with zero attached hydrogens (tertiary/aromatic N) is 2. The molecule has 2 heterocycles. The monoisotopic (exact) mass is 389 g/mol. The molecule has 0 aliphatic carbocycles. The smallest absolute Gasteiger partial charge is 0.229 e. The van der Waals surface area contributed by atoms with Crippen molar-refractivity contribution in [2.45, 2.75) is 33.1 Å². The van der Waals surface area contributed by atoms with Crippen molar-refractivity contribution >= 4 is 28.2 Å². The van der Waals surface area contributed by atoms with Crippen LogP contribution in [0, 0.1) is 17.7 Å². The minimum atomic E-state index is -0.312. The Morgan fingerprint density at radius 3 is 2.81 bits per heavy atom. The first-order chi connectivity index (χ1) is 13.0. The molecule has 1 aromatic heterocycles. The number of thiazole rings is 1. The molecule has 1 N–H and O–H groups in total. The fourth-order valence-corrected chi connectivity index (χ4v) is 3.95. The van der Waals surface area contributed by atoms with E-state index >= 15 is 0 Å². The van der Waals surface area contributed by atoms with Crippen molar-refractivity contribution in [1.29, 1.82) is 0 Å². The van der Waals surface area contributed by atoms with Crippen LogP contribution in [-0.4, -0.2) is 34.8 Å². The zero-order valence-electron chi connectivity index (χ0n) is 15.6. The number of likely N-dealkylation sites (tertiary alicyclic amines) is 1. The molecule has 1 aliphatic rings. The molecule has 144 valence electrons. The number of hydrogen-bond acceptors (Lipinski definition) is 4. The number of rotatable bonds is 5. The van der Waals surface area contributed by atoms with Gasteiger partial charge in [0.15, 0.2) is 0 Å². The molecule has 2 atom stereocenters. The van der Waals surface area contributed by atoms with E-state index in [1.807, 2.05) is 18.7 Å². The summed E-state index contributed by atoms with van der Waals surface area (Å²) in [5.41, 5.74) is 3.05. The third-order valence-electron chi connectivity index (χ3n) is 5.06. The molecule has 0 radical (unpaired) electrons. The largest absolute Gasteiger partial charge is 0.342 e. The average molecular weight is 389 g/mol. The van der Waals surface area contributed by atoms with Crippen molar-refractivity contribution in [3.63, 3.8) is 0 Å². The highest BCUT2D eigenvalue weighted by molar-refractivity contribution is 7.14. The molecule has 3 rings (SSSR count). The quantitative estimate of drug-likeness (QED) is 0.835. The summed E-state index contributed by atoms with van der Waals surface area (Å²) in [5, 5.41) is 3.61. The maximum absolute atomic E-state index is 13.1. The Labute approximate surface area is 162 Å². The molecule has 7 heteroatoms. The van der Waals surface area contributed by atoms with Gasteiger partial charge in [-0.15, -0.1) is 11.3 Å². The second-order valence-electron chi connectivity index (χ2n) is 6.96. The lowest BCUT2D eigenvalue weighted by atomic mass is 9.95. The fraction of sp³-hybridized carbons (Fsp3) is 0.450. The minimum absolute atomic E-state index is 0.0154. The second kappa shape index (κ2) is 8.61. The number of carbonyl (C=O) groups excluding carboxylic acids is 2. The van der Waals surface area contributed by atoms with Crippen LogP contribution in [0.2, 0.25) is 0 Å². The van der Waals surface area contributed by atoms with Crippen LogP contribution in [-0.2, 0) is 9.59 Å². The van der Waals surface area contributed by atoms with Gasteiger partial charge in [0.25, 0.3) is 0 Å². The molecule has 0 unspecified atom stereocenters. The molecule has 2 amide bonds. The number of hydrogen-bond donors (Lipinski definition) is 1. The van der Waals surface area contributed by atoms with Gasteiger partial charge in [0.2, 0.25) is 11.8 Å². The Bertz CT molecular complexity index is 806. The van der Waals surface area contributed by atoms with Crippen LogP contribution in [0.3, 0.4) is 0 Å². The Hall–Kier alpha value is -2.28. The van der Waals surface area contributed by atoms with Crippen molar-refractivity contribution in [3.05, 3.63) is 35.6 Å². The molecule has 1 aliphatic heterocycles. The molecule has 2 aromatic rings. The van der Waals surface area contributed by atoms with Crippen LogP contribution in [0.1, 0.15) is 33.1 Å². The molecule has 0 bridgehead atoms. The molecule has 1 fully saturated rings. The Balaban J connectivity index is 1.68. The average Bonchev–Trinajstić information content (AvgIpc) is 3.15. The first-order valence-electron chi connectivity index (χ1n) is 9.28. The number of piperidine rings is 1. The topological polar surface area (TPSA) is 62.3 Å². The summed E-state index contributed by atoms with van der Waals surface area (Å²) in [6, 6.07) is 6.04. The number of anilines is 1. The van der Waals surface area contributed by atoms with Crippen LogP contribution in [0.25, 0.3) is 11.3 Å². The van der Waals surface area contributed by atoms with Crippen LogP contribution in [0.4, 0.5) is 9.39 Å². The van der Waals surface area contributed by atoms with Crippen LogP contribution < -0.4 is 5.32 Å². The van der Waals surface area contributed by atoms with E-state index < -0.39 is 0 Å². The third-order valence-corrected chi connectivity index (χ3v) is 5.80. The highest BCUT2D eigenvalue weighted by atomic mass is 32.1. The maximum atomic E-state index is 13.1. The van der Waals surface area contributed by atoms with Gasteiger partial charge in [-0.1, -0.05) is 13.8 Å². The molecule has 0 saturated carbocycles. The maximum Gasteiger partial charge on any atom is 0.229 e. The SMILES string of the molecule is CC[C@H](C)C(=O)N1CCC[C@@H](C(=O)Nc2scnc2-c2ccc(F)cc2)C1. The lowest BCUT2D eigenvalue weighted by Gasteiger charge is -2.33. The number of carbonyl (C=O) groups is 2. The molecule has 5 nitrogen and oxygen atoms in total. The van der Waals surface area contributed by atoms with Gasteiger partial charge in [0.1, 0.15) is 16.5 Å². The number of aromatic nitrogens is 1. The summed E-state index contributed by atoms with van der Waals surface area (Å²) in [7, 11) is 0. The summed E-state index contributed by atoms with van der Waals surface area (Å²) in [4.78, 5) is 31.3. The highest BCUT2D eigenvalue weighted by Crippen LogP contribution is 2.31. The van der Waals surface area contributed by atoms with Gasteiger partial charge in [0, 0.05) is 24.6 Å². The second-order valence-corrected chi connectivity index (χ2v) is 7.81. The van der Waals surface area contributed by atoms with E-state index in [1.165, 1.54) is 23.5 Å². The first-order valence-corrected chi connectivity index (χ1v) is 10.2. The predicted octanol–water partition coefficient (Wildman–Crippen LogP) is 4.17. The number of amides is 2. The van der Waals surface area contributed by atoms with E-state index in [0.29, 0.717) is 23.8 Å². The summed E-state index contributed by atoms with van der Waals surface area (Å²) >= 11 is 1.34. The van der Waals surface area contributed by atoms with Crippen molar-refractivity contribution < 1.29 is 14.0 Å². The number of halogens is 1. The molecule has 27 heavy (non-hydrogen) atoms. The van der Waals surface area contributed by atoms with E-state index in [4.69, 9.17) is 0 Å². The predicted molar refractivity (Wildman–Crippen MR) is 105 cm³/mol. The molecule has 0 spiro atoms. The van der Waals surface area contributed by atoms with Gasteiger partial charge >= 0.3 is 0 Å². The zero-order valence-corrected chi connectivity index (χ0v) is 16.4. The summed E-state index contributed by atoms with van der Waals surface area (Å²) in [6.07, 6.45) is 2.39. The molecule has 1 aromatic carbocycles. The summed E-state index contributed by atoms with van der Waals surface area (Å²) in [5.74, 6) is -0.523. The Morgan fingerprint density at radius 1 is 1.37 bits per heavy atom. The van der Waals surface area contributed by atoms with E-state index in [1.54, 1.807) is 17.6 Å². The van der Waals surface area contributed by atoms with Crippen molar-refractivity contribution in [2.24, 2.45) is 11.8 Å². The van der Waals surface area contributed by atoms with E-state index in [9.17, 15) is 14.0 Å². The number of benzene rings is 1. The van der Waals surface area contributed by atoms with E-state index in [0.717, 1.165) is 24.8 Å². The zero-order chi connectivity index (χ0) is 19.4. The van der Waals surface area contributed by atoms with Gasteiger partial charge in [-0.2, -0.15) is 0 Å². The number of nitrogens with one attached hydrogen (secondary N) is 1. The van der Waals surface area contributed by atoms with Gasteiger partial charge < -0.3 is 10.2 Å². The minimum Gasteiger partial charge on any atom is -0.342 e. The van der Waals surface area contributed by atoms with Crippen molar-refractivity contribution in [2.75, 3.05) is 18.4 Å². The molecule has 1 saturated heterocycles. The molecular formula is C20H24FN3O2S. The van der Waals surface area contributed by atoms with Crippen LogP contribution >= 0.6 is 11.3 Å². The lowest BCUT2D eigenvalue weighted by Crippen LogP contribution is -2.45. The van der Waals surface area contributed by atoms with E-state index in [-0.39, 0.29) is 29.5 Å². The van der Waals surface area contributed by atoms with Gasteiger partial charge in [-0.3, -0.25) is 9.59 Å². The lowest BCUT2D eigenvalue weighted by molar-refractivity contribution is -0.138. The Morgan fingerprint density at radius 2 is 2.11 bits per heavy atom. The standard InChI is InChI=1S/C20H24FN3O2S/c1-3-13(2)20(26)24-10-4-5-15(11-24)18(25)23-19-17(22-12-27-19)14-6-8-16(21)9-7-14/h6-9,12-13,15H,3-5,10-11H2,1-2H3,(H,23,25)/t13-,15+/m0/s1. The van der Waals surface area contributed by atoms with E-state index in [2.05, 4.69) is 10.3 Å². The highest BCUT2D eigenvalue weighted by Gasteiger charge is 2.30. The summed E-state index contributed by atoms with van der Waals surface area (Å²) < 4.78 is 13.1. The third kappa shape index (κ3) is 4.53. The van der Waals surface area contributed by atoms with Crippen molar-refractivity contribution in [1.82, 2.24) is 9.88 Å². The van der Waals surface area contributed by atoms with Crippen LogP contribution in [0.5, 0.6) is 0 Å². The fourth-order valence-electron chi connectivity index (χ4n) is 3.24. The van der Waals surface area contributed by atoms with Crippen LogP contribution in [0.15, 0.2) is 29.8 Å². The molecular weight excluding hydrogens is 365 g/mol. The van der Waals surface area contributed by atoms with Gasteiger partial charge in [-0.25, -0.2) is 9.37 Å². The Kier molecular flexibility index (Phi) is 6.21. The summed E-state index contributed by atoms with van der Waals surface area (Å²) in [6.45, 7) is 5.10.